The van der Waals surface area contributed by atoms with Crippen LogP contribution in [0.3, 0.4) is 0 Å². The molecule has 4 amide bonds. The Morgan fingerprint density at radius 1 is 1.05 bits per heavy atom. The SMILES string of the molecule is CC(C)c1cc(N2CCCc3cc(-c4ccc(C(=O)NCCC#Cc5cccc6c5CN(C5CCC(=O)NC5=O)C6=O)nc4)ccc32)cc2c(C=O)c[nH]c12. The second-order valence-electron chi connectivity index (χ2n) is 14.5. The van der Waals surface area contributed by atoms with E-state index in [1.54, 1.807) is 30.6 Å². The predicted octanol–water partition coefficient (Wildman–Crippen LogP) is 6.18. The number of hydrogen-bond acceptors (Lipinski definition) is 7. The zero-order valence-electron chi connectivity index (χ0n) is 30.7. The summed E-state index contributed by atoms with van der Waals surface area (Å²) in [5, 5.41) is 6.15. The lowest BCUT2D eigenvalue weighted by atomic mass is 9.94. The molecule has 5 aromatic rings. The van der Waals surface area contributed by atoms with E-state index in [1.807, 2.05) is 12.1 Å². The van der Waals surface area contributed by atoms with Gasteiger partial charge in [0.15, 0.2) is 6.29 Å². The monoisotopic (exact) mass is 732 g/mol. The molecular formula is C44H40N6O5. The maximum atomic E-state index is 13.1. The number of piperidine rings is 1. The minimum absolute atomic E-state index is 0.197. The van der Waals surface area contributed by atoms with Gasteiger partial charge in [-0.1, -0.05) is 43.9 Å². The first-order valence-corrected chi connectivity index (χ1v) is 18.7. The highest BCUT2D eigenvalue weighted by atomic mass is 16.2. The van der Waals surface area contributed by atoms with Crippen LogP contribution < -0.4 is 15.5 Å². The van der Waals surface area contributed by atoms with Crippen molar-refractivity contribution in [3.63, 3.8) is 0 Å². The van der Waals surface area contributed by atoms with Crippen molar-refractivity contribution in [2.24, 2.45) is 0 Å². The van der Waals surface area contributed by atoms with E-state index in [1.165, 1.54) is 16.0 Å². The quantitative estimate of drug-likeness (QED) is 0.0748. The summed E-state index contributed by atoms with van der Waals surface area (Å²) in [4.78, 5) is 73.5. The number of fused-ring (bicyclic) bond motifs is 3. The van der Waals surface area contributed by atoms with Crippen LogP contribution in [-0.2, 0) is 22.6 Å². The molecule has 1 fully saturated rings. The largest absolute Gasteiger partial charge is 0.360 e. The Balaban J connectivity index is 0.900. The maximum Gasteiger partial charge on any atom is 0.269 e. The van der Waals surface area contributed by atoms with Gasteiger partial charge in [-0.3, -0.25) is 34.3 Å². The number of carbonyl (C=O) groups excluding carboxylic acids is 5. The summed E-state index contributed by atoms with van der Waals surface area (Å²) in [6.45, 7) is 5.79. The molecule has 1 unspecified atom stereocenters. The third kappa shape index (κ3) is 6.76. The van der Waals surface area contributed by atoms with Crippen molar-refractivity contribution in [2.75, 3.05) is 18.0 Å². The number of nitrogens with zero attached hydrogens (tertiary/aromatic N) is 3. The van der Waals surface area contributed by atoms with Crippen LogP contribution in [0.15, 0.2) is 73.1 Å². The number of anilines is 2. The van der Waals surface area contributed by atoms with Gasteiger partial charge in [0.2, 0.25) is 11.8 Å². The van der Waals surface area contributed by atoms with E-state index in [0.717, 1.165) is 64.6 Å². The van der Waals surface area contributed by atoms with Crippen LogP contribution in [0.5, 0.6) is 0 Å². The molecule has 3 aliphatic heterocycles. The molecule has 0 radical (unpaired) electrons. The molecule has 3 aromatic carbocycles. The molecule has 3 N–H and O–H groups in total. The first-order valence-electron chi connectivity index (χ1n) is 18.7. The summed E-state index contributed by atoms with van der Waals surface area (Å²) < 4.78 is 0. The lowest BCUT2D eigenvalue weighted by molar-refractivity contribution is -0.136. The number of H-pyrrole nitrogens is 1. The molecule has 0 saturated carbocycles. The van der Waals surface area contributed by atoms with Crippen LogP contribution in [0.1, 0.15) is 98.9 Å². The number of benzene rings is 3. The molecule has 55 heavy (non-hydrogen) atoms. The average Bonchev–Trinajstić information content (AvgIpc) is 3.77. The highest BCUT2D eigenvalue weighted by molar-refractivity contribution is 6.06. The van der Waals surface area contributed by atoms with Gasteiger partial charge in [-0.15, -0.1) is 0 Å². The number of carbonyl (C=O) groups is 5. The Bertz CT molecular complexity index is 2450. The van der Waals surface area contributed by atoms with Crippen molar-refractivity contribution in [1.82, 2.24) is 25.5 Å². The van der Waals surface area contributed by atoms with Crippen molar-refractivity contribution < 1.29 is 24.0 Å². The highest BCUT2D eigenvalue weighted by Gasteiger charge is 2.39. The van der Waals surface area contributed by atoms with Gasteiger partial charge in [0, 0.05) is 89.4 Å². The van der Waals surface area contributed by atoms with E-state index in [9.17, 15) is 24.0 Å². The second-order valence-corrected chi connectivity index (χ2v) is 14.5. The molecule has 11 heteroatoms. The van der Waals surface area contributed by atoms with Crippen molar-refractivity contribution in [2.45, 2.75) is 64.5 Å². The van der Waals surface area contributed by atoms with Crippen molar-refractivity contribution in [1.29, 1.82) is 0 Å². The molecule has 3 aliphatic rings. The van der Waals surface area contributed by atoms with Crippen LogP contribution >= 0.6 is 0 Å². The summed E-state index contributed by atoms with van der Waals surface area (Å²) in [6, 6.07) is 19.1. The zero-order valence-corrected chi connectivity index (χ0v) is 30.7. The van der Waals surface area contributed by atoms with Gasteiger partial charge in [0.1, 0.15) is 11.7 Å². The van der Waals surface area contributed by atoms with Gasteiger partial charge >= 0.3 is 0 Å². The number of nitrogens with one attached hydrogen (secondary N) is 3. The van der Waals surface area contributed by atoms with Gasteiger partial charge in [-0.05, 0) is 89.9 Å². The third-order valence-corrected chi connectivity index (χ3v) is 10.8. The van der Waals surface area contributed by atoms with Crippen LogP contribution in [-0.4, -0.2) is 63.9 Å². The van der Waals surface area contributed by atoms with Crippen molar-refractivity contribution in [3.8, 4) is 23.0 Å². The number of hydrogen-bond donors (Lipinski definition) is 3. The van der Waals surface area contributed by atoms with E-state index in [-0.39, 0.29) is 36.6 Å². The summed E-state index contributed by atoms with van der Waals surface area (Å²) >= 11 is 0. The molecule has 1 atom stereocenters. The number of amides is 4. The normalized spacial score (nSPS) is 16.4. The topological polar surface area (TPSA) is 145 Å². The summed E-state index contributed by atoms with van der Waals surface area (Å²) in [5.74, 6) is 5.20. The van der Waals surface area contributed by atoms with Crippen LogP contribution in [0.2, 0.25) is 0 Å². The molecule has 8 rings (SSSR count). The first-order chi connectivity index (χ1) is 26.7. The fraction of sp³-hybridized carbons (Fsp3) is 0.273. The molecule has 5 heterocycles. The Morgan fingerprint density at radius 2 is 1.91 bits per heavy atom. The van der Waals surface area contributed by atoms with E-state index in [4.69, 9.17) is 0 Å². The maximum absolute atomic E-state index is 13.1. The van der Waals surface area contributed by atoms with E-state index in [2.05, 4.69) is 81.5 Å². The van der Waals surface area contributed by atoms with Crippen molar-refractivity contribution in [3.05, 3.63) is 112 Å². The molecular weight excluding hydrogens is 693 g/mol. The number of aldehydes is 1. The third-order valence-electron chi connectivity index (χ3n) is 10.8. The van der Waals surface area contributed by atoms with Crippen LogP contribution in [0.4, 0.5) is 11.4 Å². The smallest absolute Gasteiger partial charge is 0.269 e. The minimum Gasteiger partial charge on any atom is -0.360 e. The van der Waals surface area contributed by atoms with Gasteiger partial charge in [0.05, 0.1) is 0 Å². The summed E-state index contributed by atoms with van der Waals surface area (Å²) in [5.41, 5.74) is 10.6. The van der Waals surface area contributed by atoms with E-state index < -0.39 is 11.9 Å². The second kappa shape index (κ2) is 14.7. The van der Waals surface area contributed by atoms with E-state index in [0.29, 0.717) is 41.8 Å². The Labute approximate surface area is 318 Å². The fourth-order valence-electron chi connectivity index (χ4n) is 7.91. The van der Waals surface area contributed by atoms with Gasteiger partial charge in [-0.2, -0.15) is 0 Å². The first kappa shape index (κ1) is 35.5. The van der Waals surface area contributed by atoms with E-state index >= 15 is 0 Å². The number of aromatic nitrogens is 2. The Morgan fingerprint density at radius 3 is 2.69 bits per heavy atom. The Kier molecular flexibility index (Phi) is 9.49. The fourth-order valence-corrected chi connectivity index (χ4v) is 7.91. The van der Waals surface area contributed by atoms with Crippen LogP contribution in [0.25, 0.3) is 22.0 Å². The van der Waals surface area contributed by atoms with Gasteiger partial charge in [0.25, 0.3) is 11.8 Å². The molecule has 11 nitrogen and oxygen atoms in total. The number of rotatable bonds is 8. The van der Waals surface area contributed by atoms with Gasteiger partial charge < -0.3 is 20.1 Å². The minimum atomic E-state index is -0.684. The number of aromatic amines is 1. The number of pyridine rings is 1. The average molecular weight is 733 g/mol. The summed E-state index contributed by atoms with van der Waals surface area (Å²) in [7, 11) is 0. The number of aryl methyl sites for hydroxylation is 1. The highest BCUT2D eigenvalue weighted by Crippen LogP contribution is 2.40. The molecule has 0 aliphatic carbocycles. The number of imide groups is 1. The molecule has 2 aromatic heterocycles. The summed E-state index contributed by atoms with van der Waals surface area (Å²) in [6.07, 6.45) is 7.25. The standard InChI is InChI=1S/C44H40N6O5/c1-26(2)34-20-32(21-35-31(25-51)23-47-41(34)35)49-18-6-9-29-19-28(12-14-38(29)49)30-11-13-37(46-22-30)42(53)45-17-4-3-7-27-8-5-10-33-36(27)24-50(44(33)55)39-15-16-40(52)48-43(39)54/h5,8,10-14,19-23,25-26,39,47H,4,6,9,15-18,24H2,1-2H3,(H,45,53)(H,48,52,54). The zero-order chi connectivity index (χ0) is 38.2. The van der Waals surface area contributed by atoms with Gasteiger partial charge in [-0.25, -0.2) is 0 Å². The lowest BCUT2D eigenvalue weighted by Crippen LogP contribution is -2.52. The predicted molar refractivity (Wildman–Crippen MR) is 209 cm³/mol. The van der Waals surface area contributed by atoms with Crippen molar-refractivity contribution >= 4 is 52.2 Å². The molecule has 0 spiro atoms. The van der Waals surface area contributed by atoms with Crippen LogP contribution in [0, 0.1) is 11.8 Å². The lowest BCUT2D eigenvalue weighted by Gasteiger charge is -2.32. The molecule has 1 saturated heterocycles. The Hall–Kier alpha value is -6.54. The molecule has 276 valence electrons. The molecule has 0 bridgehead atoms.